The highest BCUT2D eigenvalue weighted by atomic mass is 16.2. The summed E-state index contributed by atoms with van der Waals surface area (Å²) in [5.41, 5.74) is 7.62. The van der Waals surface area contributed by atoms with Crippen LogP contribution in [0.2, 0.25) is 0 Å². The first-order valence-corrected chi connectivity index (χ1v) is 10.2. The molecule has 154 valence electrons. The second-order valence-corrected chi connectivity index (χ2v) is 8.81. The molecule has 0 fully saturated rings. The highest BCUT2D eigenvalue weighted by Gasteiger charge is 2.22. The first-order chi connectivity index (χ1) is 13.7. The summed E-state index contributed by atoms with van der Waals surface area (Å²) >= 11 is 0. The molecule has 0 spiro atoms. The molecule has 2 amide bonds. The summed E-state index contributed by atoms with van der Waals surface area (Å²) in [5.74, 6) is -0.171. The maximum Gasteiger partial charge on any atom is 0.253 e. The molecular weight excluding hydrogens is 362 g/mol. The van der Waals surface area contributed by atoms with Crippen LogP contribution < -0.4 is 16.0 Å². The van der Waals surface area contributed by atoms with Crippen LogP contribution in [0.3, 0.4) is 0 Å². The molecule has 5 nitrogen and oxygen atoms in total. The Kier molecular flexibility index (Phi) is 5.96. The third-order valence-corrected chi connectivity index (χ3v) is 5.52. The van der Waals surface area contributed by atoms with E-state index < -0.39 is 0 Å². The number of nitrogens with one attached hydrogen (secondary N) is 3. The van der Waals surface area contributed by atoms with Gasteiger partial charge in [-0.05, 0) is 59.6 Å². The van der Waals surface area contributed by atoms with Gasteiger partial charge >= 0.3 is 0 Å². The van der Waals surface area contributed by atoms with E-state index in [1.807, 2.05) is 18.2 Å². The number of benzene rings is 2. The third-order valence-electron chi connectivity index (χ3n) is 5.52. The van der Waals surface area contributed by atoms with Crippen molar-refractivity contribution in [2.45, 2.75) is 53.0 Å². The zero-order valence-corrected chi connectivity index (χ0v) is 18.0. The fourth-order valence-electron chi connectivity index (χ4n) is 3.81. The summed E-state index contributed by atoms with van der Waals surface area (Å²) in [5, 5.41) is 8.89. The molecule has 1 aliphatic rings. The Bertz CT molecular complexity index is 919. The Morgan fingerprint density at radius 3 is 2.48 bits per heavy atom. The second-order valence-electron chi connectivity index (χ2n) is 8.81. The molecule has 3 N–H and O–H groups in total. The Morgan fingerprint density at radius 1 is 1.14 bits per heavy atom. The first kappa shape index (κ1) is 20.9. The molecule has 5 heteroatoms. The molecule has 0 bridgehead atoms. The lowest BCUT2D eigenvalue weighted by atomic mass is 9.83. The Balaban J connectivity index is 1.54. The van der Waals surface area contributed by atoms with Gasteiger partial charge < -0.3 is 16.0 Å². The largest absolute Gasteiger partial charge is 0.376 e. The predicted molar refractivity (Wildman–Crippen MR) is 117 cm³/mol. The Labute approximate surface area is 173 Å². The van der Waals surface area contributed by atoms with Crippen LogP contribution in [0.15, 0.2) is 30.3 Å². The van der Waals surface area contributed by atoms with Crippen LogP contribution in [-0.2, 0) is 23.2 Å². The minimum absolute atomic E-state index is 0.0809. The highest BCUT2D eigenvalue weighted by Crippen LogP contribution is 2.27. The van der Waals surface area contributed by atoms with Crippen LogP contribution in [-0.4, -0.2) is 24.9 Å². The fraction of sp³-hybridized carbons (Fsp3) is 0.417. The molecule has 3 rings (SSSR count). The van der Waals surface area contributed by atoms with E-state index in [0.29, 0.717) is 24.3 Å². The number of fused-ring (bicyclic) bond motifs is 1. The molecule has 0 radical (unpaired) electrons. The second kappa shape index (κ2) is 8.27. The molecular formula is C24H31N3O2. The SMILES string of the molecule is Cc1cc(C(C)(C)C)cc(C)c1CCNC(=O)CNc1cccc2c1C(=O)NC2. The van der Waals surface area contributed by atoms with Crippen LogP contribution >= 0.6 is 0 Å². The van der Waals surface area contributed by atoms with Gasteiger partial charge in [0.15, 0.2) is 0 Å². The van der Waals surface area contributed by atoms with Crippen molar-refractivity contribution in [3.8, 4) is 0 Å². The summed E-state index contributed by atoms with van der Waals surface area (Å²) in [7, 11) is 0. The average Bonchev–Trinajstić information content (AvgIpc) is 3.03. The van der Waals surface area contributed by atoms with Gasteiger partial charge in [-0.3, -0.25) is 9.59 Å². The number of rotatable bonds is 6. The molecule has 0 unspecified atom stereocenters. The number of aryl methyl sites for hydroxylation is 2. The molecule has 2 aromatic rings. The summed E-state index contributed by atoms with van der Waals surface area (Å²) in [6.45, 7) is 12.2. The maximum atomic E-state index is 12.3. The van der Waals surface area contributed by atoms with E-state index in [0.717, 1.165) is 12.0 Å². The number of anilines is 1. The van der Waals surface area contributed by atoms with E-state index in [-0.39, 0.29) is 23.8 Å². The monoisotopic (exact) mass is 393 g/mol. The lowest BCUT2D eigenvalue weighted by molar-refractivity contribution is -0.119. The van der Waals surface area contributed by atoms with Crippen molar-refractivity contribution in [2.24, 2.45) is 0 Å². The van der Waals surface area contributed by atoms with Crippen molar-refractivity contribution in [3.05, 3.63) is 63.7 Å². The summed E-state index contributed by atoms with van der Waals surface area (Å²) in [6, 6.07) is 10.2. The topological polar surface area (TPSA) is 70.2 Å². The lowest BCUT2D eigenvalue weighted by Crippen LogP contribution is -2.32. The fourth-order valence-corrected chi connectivity index (χ4v) is 3.81. The third kappa shape index (κ3) is 4.78. The van der Waals surface area contributed by atoms with E-state index in [9.17, 15) is 9.59 Å². The van der Waals surface area contributed by atoms with Crippen LogP contribution in [0.4, 0.5) is 5.69 Å². The minimum atomic E-state index is -0.0897. The van der Waals surface area contributed by atoms with E-state index in [2.05, 4.69) is 62.7 Å². The normalized spacial score (nSPS) is 13.1. The van der Waals surface area contributed by atoms with Gasteiger partial charge in [-0.15, -0.1) is 0 Å². The van der Waals surface area contributed by atoms with Gasteiger partial charge in [0.05, 0.1) is 12.1 Å². The van der Waals surface area contributed by atoms with Crippen molar-refractivity contribution in [2.75, 3.05) is 18.4 Å². The highest BCUT2D eigenvalue weighted by molar-refractivity contribution is 6.03. The van der Waals surface area contributed by atoms with E-state index in [1.54, 1.807) is 0 Å². The van der Waals surface area contributed by atoms with Crippen molar-refractivity contribution >= 4 is 17.5 Å². The zero-order chi connectivity index (χ0) is 21.2. The summed E-state index contributed by atoms with van der Waals surface area (Å²) in [4.78, 5) is 24.2. The standard InChI is InChI=1S/C24H31N3O2/c1-15-11-18(24(3,4)5)12-16(2)19(15)9-10-25-21(28)14-26-20-8-6-7-17-13-27-23(29)22(17)20/h6-8,11-12,26H,9-10,13-14H2,1-5H3,(H,25,28)(H,27,29). The zero-order valence-electron chi connectivity index (χ0n) is 18.0. The van der Waals surface area contributed by atoms with Crippen LogP contribution in [0, 0.1) is 13.8 Å². The molecule has 2 aromatic carbocycles. The van der Waals surface area contributed by atoms with Crippen LogP contribution in [0.1, 0.15) is 58.9 Å². The maximum absolute atomic E-state index is 12.3. The minimum Gasteiger partial charge on any atom is -0.376 e. The smallest absolute Gasteiger partial charge is 0.253 e. The van der Waals surface area contributed by atoms with E-state index >= 15 is 0 Å². The molecule has 0 aliphatic carbocycles. The van der Waals surface area contributed by atoms with Crippen molar-refractivity contribution in [1.29, 1.82) is 0 Å². The van der Waals surface area contributed by atoms with E-state index in [1.165, 1.54) is 22.3 Å². The van der Waals surface area contributed by atoms with Gasteiger partial charge in [0.25, 0.3) is 5.91 Å². The number of hydrogen-bond donors (Lipinski definition) is 3. The number of amides is 2. The molecule has 1 aliphatic heterocycles. The van der Waals surface area contributed by atoms with Gasteiger partial charge in [-0.2, -0.15) is 0 Å². The quantitative estimate of drug-likeness (QED) is 0.702. The van der Waals surface area contributed by atoms with E-state index in [4.69, 9.17) is 0 Å². The lowest BCUT2D eigenvalue weighted by Gasteiger charge is -2.22. The summed E-state index contributed by atoms with van der Waals surface area (Å²) in [6.07, 6.45) is 0.803. The van der Waals surface area contributed by atoms with Crippen molar-refractivity contribution in [1.82, 2.24) is 10.6 Å². The molecule has 0 saturated carbocycles. The van der Waals surface area contributed by atoms with Crippen molar-refractivity contribution in [3.63, 3.8) is 0 Å². The van der Waals surface area contributed by atoms with Gasteiger partial charge in [-0.1, -0.05) is 45.0 Å². The molecule has 0 saturated heterocycles. The summed E-state index contributed by atoms with van der Waals surface area (Å²) < 4.78 is 0. The van der Waals surface area contributed by atoms with Gasteiger partial charge in [0.2, 0.25) is 5.91 Å². The van der Waals surface area contributed by atoms with Gasteiger partial charge in [-0.25, -0.2) is 0 Å². The van der Waals surface area contributed by atoms with Gasteiger partial charge in [0, 0.05) is 18.8 Å². The number of carbonyl (C=O) groups excluding carboxylic acids is 2. The average molecular weight is 394 g/mol. The van der Waals surface area contributed by atoms with Crippen LogP contribution in [0.5, 0.6) is 0 Å². The number of carbonyl (C=O) groups is 2. The van der Waals surface area contributed by atoms with Crippen LogP contribution in [0.25, 0.3) is 0 Å². The molecule has 29 heavy (non-hydrogen) atoms. The molecule has 1 heterocycles. The molecule has 0 atom stereocenters. The van der Waals surface area contributed by atoms with Crippen molar-refractivity contribution < 1.29 is 9.59 Å². The number of hydrogen-bond acceptors (Lipinski definition) is 3. The molecule has 0 aromatic heterocycles. The Hall–Kier alpha value is -2.82. The predicted octanol–water partition coefficient (Wildman–Crippen LogP) is 3.62. The van der Waals surface area contributed by atoms with Gasteiger partial charge in [0.1, 0.15) is 0 Å². The first-order valence-electron chi connectivity index (χ1n) is 10.2. The Morgan fingerprint density at radius 2 is 1.83 bits per heavy atom.